The van der Waals surface area contributed by atoms with Gasteiger partial charge in [-0.1, -0.05) is 5.92 Å². The Hall–Kier alpha value is -1.58. The van der Waals surface area contributed by atoms with Crippen molar-refractivity contribution in [1.29, 1.82) is 0 Å². The van der Waals surface area contributed by atoms with Gasteiger partial charge in [0.1, 0.15) is 0 Å². The van der Waals surface area contributed by atoms with E-state index < -0.39 is 0 Å². The molecule has 6 nitrogen and oxygen atoms in total. The van der Waals surface area contributed by atoms with Gasteiger partial charge < -0.3 is 14.4 Å². The number of morpholine rings is 1. The molecule has 0 aromatic carbocycles. The summed E-state index contributed by atoms with van der Waals surface area (Å²) in [6, 6.07) is 0. The van der Waals surface area contributed by atoms with Crippen LogP contribution in [-0.2, 0) is 19.1 Å². The van der Waals surface area contributed by atoms with E-state index in [1.54, 1.807) is 4.90 Å². The van der Waals surface area contributed by atoms with Crippen molar-refractivity contribution in [3.8, 4) is 11.8 Å². The van der Waals surface area contributed by atoms with Crippen LogP contribution >= 0.6 is 0 Å². The minimum absolute atomic E-state index is 0.204. The van der Waals surface area contributed by atoms with Crippen LogP contribution in [0.2, 0.25) is 0 Å². The number of hydrogen-bond acceptors (Lipinski definition) is 5. The maximum Gasteiger partial charge on any atom is 0.310 e. The number of nitrogens with zero attached hydrogens (tertiary/aromatic N) is 2. The minimum Gasteiger partial charge on any atom is -0.469 e. The van der Waals surface area contributed by atoms with E-state index in [4.69, 9.17) is 9.47 Å². The summed E-state index contributed by atoms with van der Waals surface area (Å²) in [7, 11) is 1.37. The fraction of sp³-hybridized carbons (Fsp3) is 0.714. The lowest BCUT2D eigenvalue weighted by atomic mass is 10.1. The number of ether oxygens (including phenoxy) is 2. The summed E-state index contributed by atoms with van der Waals surface area (Å²) in [5.74, 6) is 4.90. The number of likely N-dealkylation sites (tertiary alicyclic amines) is 1. The Bertz CT molecular complexity index is 421. The Morgan fingerprint density at radius 1 is 1.30 bits per heavy atom. The second kappa shape index (κ2) is 7.27. The molecule has 0 aliphatic carbocycles. The standard InChI is InChI=1S/C14H20N2O4/c1-19-14(18)12-4-6-16(11-12)13(17)3-2-5-15-7-9-20-10-8-15/h12H,4-11H2,1H3. The molecule has 110 valence electrons. The third kappa shape index (κ3) is 3.95. The highest BCUT2D eigenvalue weighted by Crippen LogP contribution is 2.17. The molecule has 2 rings (SSSR count). The first-order valence-electron chi connectivity index (χ1n) is 6.86. The van der Waals surface area contributed by atoms with E-state index >= 15 is 0 Å². The highest BCUT2D eigenvalue weighted by atomic mass is 16.5. The number of carbonyl (C=O) groups is 2. The van der Waals surface area contributed by atoms with E-state index in [0.717, 1.165) is 26.3 Å². The van der Waals surface area contributed by atoms with Crippen LogP contribution in [0.1, 0.15) is 6.42 Å². The van der Waals surface area contributed by atoms with Crippen molar-refractivity contribution in [3.05, 3.63) is 0 Å². The fourth-order valence-corrected chi connectivity index (χ4v) is 2.37. The monoisotopic (exact) mass is 280 g/mol. The Morgan fingerprint density at radius 2 is 2.05 bits per heavy atom. The van der Waals surface area contributed by atoms with Crippen molar-refractivity contribution in [2.24, 2.45) is 5.92 Å². The fourth-order valence-electron chi connectivity index (χ4n) is 2.37. The van der Waals surface area contributed by atoms with Crippen LogP contribution in [0, 0.1) is 17.8 Å². The van der Waals surface area contributed by atoms with Crippen molar-refractivity contribution in [3.63, 3.8) is 0 Å². The molecular weight excluding hydrogens is 260 g/mol. The highest BCUT2D eigenvalue weighted by Gasteiger charge is 2.31. The molecule has 2 saturated heterocycles. The largest absolute Gasteiger partial charge is 0.469 e. The summed E-state index contributed by atoms with van der Waals surface area (Å²) in [6.45, 7) is 4.74. The summed E-state index contributed by atoms with van der Waals surface area (Å²) in [5.41, 5.74) is 0. The van der Waals surface area contributed by atoms with E-state index in [9.17, 15) is 9.59 Å². The minimum atomic E-state index is -0.249. The SMILES string of the molecule is COC(=O)C1CCN(C(=O)C#CCN2CCOCC2)C1. The van der Waals surface area contributed by atoms with E-state index in [-0.39, 0.29) is 17.8 Å². The Labute approximate surface area is 119 Å². The van der Waals surface area contributed by atoms with Gasteiger partial charge in [0, 0.05) is 26.2 Å². The van der Waals surface area contributed by atoms with Crippen molar-refractivity contribution in [2.75, 3.05) is 53.0 Å². The van der Waals surface area contributed by atoms with E-state index in [1.165, 1.54) is 7.11 Å². The van der Waals surface area contributed by atoms with Crippen molar-refractivity contribution >= 4 is 11.9 Å². The first-order valence-corrected chi connectivity index (χ1v) is 6.86. The van der Waals surface area contributed by atoms with Gasteiger partial charge in [-0.3, -0.25) is 14.5 Å². The lowest BCUT2D eigenvalue weighted by Gasteiger charge is -2.24. The van der Waals surface area contributed by atoms with Crippen LogP contribution in [0.15, 0.2) is 0 Å². The number of esters is 1. The maximum atomic E-state index is 11.9. The molecule has 0 radical (unpaired) electrons. The third-order valence-electron chi connectivity index (χ3n) is 3.61. The molecule has 2 aliphatic rings. The summed E-state index contributed by atoms with van der Waals surface area (Å²) in [5, 5.41) is 0. The first-order chi connectivity index (χ1) is 9.70. The molecule has 0 bridgehead atoms. The molecule has 2 aliphatic heterocycles. The number of hydrogen-bond donors (Lipinski definition) is 0. The molecule has 2 heterocycles. The molecule has 0 spiro atoms. The van der Waals surface area contributed by atoms with E-state index in [1.807, 2.05) is 0 Å². The molecule has 0 aromatic heterocycles. The summed E-state index contributed by atoms with van der Waals surface area (Å²) in [6.07, 6.45) is 0.656. The summed E-state index contributed by atoms with van der Waals surface area (Å²) >= 11 is 0. The quantitative estimate of drug-likeness (QED) is 0.497. The molecule has 0 N–H and O–H groups in total. The predicted molar refractivity (Wildman–Crippen MR) is 71.7 cm³/mol. The predicted octanol–water partition coefficient (Wildman–Crippen LogP) is -0.656. The number of carbonyl (C=O) groups excluding carboxylic acids is 2. The smallest absolute Gasteiger partial charge is 0.310 e. The molecule has 1 amide bonds. The first kappa shape index (κ1) is 14.8. The van der Waals surface area contributed by atoms with Crippen LogP contribution in [0.4, 0.5) is 0 Å². The maximum absolute atomic E-state index is 11.9. The highest BCUT2D eigenvalue weighted by molar-refractivity contribution is 5.94. The summed E-state index contributed by atoms with van der Waals surface area (Å²) in [4.78, 5) is 27.1. The van der Waals surface area contributed by atoms with Crippen LogP contribution in [0.5, 0.6) is 0 Å². The van der Waals surface area contributed by atoms with E-state index in [0.29, 0.717) is 26.1 Å². The second-order valence-corrected chi connectivity index (χ2v) is 4.95. The zero-order chi connectivity index (χ0) is 14.4. The Balaban J connectivity index is 1.76. The Kier molecular flexibility index (Phi) is 5.39. The topological polar surface area (TPSA) is 59.1 Å². The number of amides is 1. The van der Waals surface area contributed by atoms with Gasteiger partial charge in [0.25, 0.3) is 5.91 Å². The van der Waals surface area contributed by atoms with Crippen LogP contribution < -0.4 is 0 Å². The van der Waals surface area contributed by atoms with Gasteiger partial charge in [-0.05, 0) is 12.3 Å². The van der Waals surface area contributed by atoms with Crippen LogP contribution in [0.3, 0.4) is 0 Å². The number of methoxy groups -OCH3 is 1. The molecule has 0 saturated carbocycles. The molecule has 0 aromatic rings. The van der Waals surface area contributed by atoms with Crippen molar-refractivity contribution in [2.45, 2.75) is 6.42 Å². The third-order valence-corrected chi connectivity index (χ3v) is 3.61. The van der Waals surface area contributed by atoms with Crippen LogP contribution in [-0.4, -0.2) is 74.7 Å². The second-order valence-electron chi connectivity index (χ2n) is 4.95. The van der Waals surface area contributed by atoms with Gasteiger partial charge in [-0.15, -0.1) is 0 Å². The zero-order valence-corrected chi connectivity index (χ0v) is 11.8. The Morgan fingerprint density at radius 3 is 2.75 bits per heavy atom. The van der Waals surface area contributed by atoms with Crippen molar-refractivity contribution < 1.29 is 19.1 Å². The molecule has 1 unspecified atom stereocenters. The van der Waals surface area contributed by atoms with Gasteiger partial charge >= 0.3 is 5.97 Å². The lowest BCUT2D eigenvalue weighted by Crippen LogP contribution is -2.36. The molecule has 2 fully saturated rings. The molecular formula is C14H20N2O4. The summed E-state index contributed by atoms with van der Waals surface area (Å²) < 4.78 is 9.94. The molecule has 1 atom stereocenters. The average Bonchev–Trinajstić information content (AvgIpc) is 2.97. The van der Waals surface area contributed by atoms with Gasteiger partial charge in [-0.2, -0.15) is 0 Å². The van der Waals surface area contributed by atoms with Gasteiger partial charge in [0.05, 0.1) is 32.8 Å². The van der Waals surface area contributed by atoms with E-state index in [2.05, 4.69) is 16.7 Å². The van der Waals surface area contributed by atoms with Gasteiger partial charge in [0.2, 0.25) is 0 Å². The normalized spacial score (nSPS) is 23.1. The van der Waals surface area contributed by atoms with Gasteiger partial charge in [0.15, 0.2) is 0 Å². The number of rotatable bonds is 2. The van der Waals surface area contributed by atoms with Gasteiger partial charge in [-0.25, -0.2) is 0 Å². The zero-order valence-electron chi connectivity index (χ0n) is 11.8. The average molecular weight is 280 g/mol. The molecule has 20 heavy (non-hydrogen) atoms. The lowest BCUT2D eigenvalue weighted by molar-refractivity contribution is -0.145. The van der Waals surface area contributed by atoms with Crippen LogP contribution in [0.25, 0.3) is 0 Å². The molecule has 6 heteroatoms. The van der Waals surface area contributed by atoms with Crippen molar-refractivity contribution in [1.82, 2.24) is 9.80 Å².